The third kappa shape index (κ3) is 4.59. The smallest absolute Gasteiger partial charge is 0.293 e. The summed E-state index contributed by atoms with van der Waals surface area (Å²) in [6, 6.07) is 13.9. The summed E-state index contributed by atoms with van der Waals surface area (Å²) in [7, 11) is 0. The van der Waals surface area contributed by atoms with Crippen molar-refractivity contribution in [3.63, 3.8) is 0 Å². The van der Waals surface area contributed by atoms with Crippen LogP contribution in [0.25, 0.3) is 0 Å². The van der Waals surface area contributed by atoms with Gasteiger partial charge in [0.2, 0.25) is 5.91 Å². The number of hydrogen-bond donors (Lipinski definition) is 2. The zero-order chi connectivity index (χ0) is 20.0. The molecule has 0 heterocycles. The van der Waals surface area contributed by atoms with E-state index in [0.717, 1.165) is 6.07 Å². The number of nitrogens with zero attached hydrogens (tertiary/aromatic N) is 3. The number of hydrogen-bond acceptors (Lipinski definition) is 6. The third-order valence-electron chi connectivity index (χ3n) is 3.87. The van der Waals surface area contributed by atoms with Gasteiger partial charge in [-0.2, -0.15) is 10.5 Å². The number of carbonyl (C=O) groups is 1. The van der Waals surface area contributed by atoms with E-state index in [1.165, 1.54) is 6.07 Å². The van der Waals surface area contributed by atoms with Crippen LogP contribution in [0, 0.1) is 38.7 Å². The standard InChI is InChI=1S/C19H17N5O3/c1-12(2)18(19(25)22-15-6-4-3-5-7-15)23-16-8-13(10-20)14(11-21)9-17(16)24(26)27/h3-9,12,18,23H,1-2H3,(H,22,25)/t18-/m0/s1. The van der Waals surface area contributed by atoms with Crippen molar-refractivity contribution in [2.75, 3.05) is 10.6 Å². The molecule has 0 aliphatic carbocycles. The molecule has 2 N–H and O–H groups in total. The van der Waals surface area contributed by atoms with E-state index in [1.807, 2.05) is 12.1 Å². The average Bonchev–Trinajstić information content (AvgIpc) is 2.65. The Morgan fingerprint density at radius 3 is 2.22 bits per heavy atom. The van der Waals surface area contributed by atoms with Gasteiger partial charge in [-0.3, -0.25) is 14.9 Å². The molecule has 0 aromatic heterocycles. The van der Waals surface area contributed by atoms with Crippen LogP contribution in [-0.2, 0) is 4.79 Å². The molecule has 8 heteroatoms. The summed E-state index contributed by atoms with van der Waals surface area (Å²) >= 11 is 0. The van der Waals surface area contributed by atoms with E-state index >= 15 is 0 Å². The number of amides is 1. The number of carbonyl (C=O) groups excluding carboxylic acids is 1. The molecular formula is C19H17N5O3. The SMILES string of the molecule is CC(C)[C@H](Nc1cc(C#N)c(C#N)cc1[N+](=O)[O-])C(=O)Nc1ccccc1. The summed E-state index contributed by atoms with van der Waals surface area (Å²) < 4.78 is 0. The number of benzene rings is 2. The van der Waals surface area contributed by atoms with E-state index in [1.54, 1.807) is 44.2 Å². The van der Waals surface area contributed by atoms with Crippen LogP contribution in [0.3, 0.4) is 0 Å². The molecule has 0 aliphatic rings. The molecule has 0 fully saturated rings. The van der Waals surface area contributed by atoms with Crippen LogP contribution in [0.5, 0.6) is 0 Å². The van der Waals surface area contributed by atoms with Crippen LogP contribution in [0.2, 0.25) is 0 Å². The molecular weight excluding hydrogens is 346 g/mol. The number of para-hydroxylation sites is 1. The number of nitriles is 2. The minimum absolute atomic E-state index is 0.00317. The van der Waals surface area contributed by atoms with Gasteiger partial charge in [0, 0.05) is 11.8 Å². The predicted octanol–water partition coefficient (Wildman–Crippen LogP) is 3.41. The molecule has 0 bridgehead atoms. The average molecular weight is 363 g/mol. The number of nitrogens with one attached hydrogen (secondary N) is 2. The van der Waals surface area contributed by atoms with Crippen molar-refractivity contribution in [2.24, 2.45) is 5.92 Å². The van der Waals surface area contributed by atoms with Gasteiger partial charge < -0.3 is 10.6 Å². The second kappa shape index (κ2) is 8.45. The summed E-state index contributed by atoms with van der Waals surface area (Å²) in [6.07, 6.45) is 0. The molecule has 0 aliphatic heterocycles. The van der Waals surface area contributed by atoms with Gasteiger partial charge in [-0.1, -0.05) is 32.0 Å². The van der Waals surface area contributed by atoms with E-state index in [9.17, 15) is 20.2 Å². The van der Waals surface area contributed by atoms with Crippen molar-refractivity contribution in [3.05, 3.63) is 63.7 Å². The van der Waals surface area contributed by atoms with Crippen LogP contribution < -0.4 is 10.6 Å². The van der Waals surface area contributed by atoms with Crippen molar-refractivity contribution in [2.45, 2.75) is 19.9 Å². The number of nitro groups is 1. The summed E-state index contributed by atoms with van der Waals surface area (Å²) in [6.45, 7) is 3.59. The van der Waals surface area contributed by atoms with Gasteiger partial charge in [0.05, 0.1) is 16.1 Å². The fourth-order valence-electron chi connectivity index (χ4n) is 2.48. The highest BCUT2D eigenvalue weighted by Gasteiger charge is 2.27. The van der Waals surface area contributed by atoms with E-state index < -0.39 is 11.0 Å². The van der Waals surface area contributed by atoms with Gasteiger partial charge in [0.25, 0.3) is 5.69 Å². The van der Waals surface area contributed by atoms with Crippen LogP contribution >= 0.6 is 0 Å². The lowest BCUT2D eigenvalue weighted by Gasteiger charge is -2.23. The van der Waals surface area contributed by atoms with Gasteiger partial charge in [-0.05, 0) is 24.1 Å². The Morgan fingerprint density at radius 1 is 1.11 bits per heavy atom. The van der Waals surface area contributed by atoms with Crippen molar-refractivity contribution >= 4 is 23.0 Å². The highest BCUT2D eigenvalue weighted by atomic mass is 16.6. The van der Waals surface area contributed by atoms with Gasteiger partial charge in [0.1, 0.15) is 23.9 Å². The summed E-state index contributed by atoms with van der Waals surface area (Å²) in [5.74, 6) is -0.567. The molecule has 2 aromatic rings. The lowest BCUT2D eigenvalue weighted by atomic mass is 10.0. The Bertz CT molecular complexity index is 942. The first-order chi connectivity index (χ1) is 12.9. The van der Waals surface area contributed by atoms with Crippen LogP contribution in [0.15, 0.2) is 42.5 Å². The van der Waals surface area contributed by atoms with Crippen molar-refractivity contribution in [1.82, 2.24) is 0 Å². The fourth-order valence-corrected chi connectivity index (χ4v) is 2.48. The highest BCUT2D eigenvalue weighted by molar-refractivity contribution is 5.97. The molecule has 1 atom stereocenters. The monoisotopic (exact) mass is 363 g/mol. The maximum absolute atomic E-state index is 12.7. The molecule has 8 nitrogen and oxygen atoms in total. The molecule has 0 spiro atoms. The first-order valence-electron chi connectivity index (χ1n) is 8.12. The van der Waals surface area contributed by atoms with Crippen LogP contribution in [-0.4, -0.2) is 16.9 Å². The third-order valence-corrected chi connectivity index (χ3v) is 3.87. The Morgan fingerprint density at radius 2 is 1.70 bits per heavy atom. The maximum Gasteiger partial charge on any atom is 0.293 e. The molecule has 1 amide bonds. The van der Waals surface area contributed by atoms with Crippen molar-refractivity contribution < 1.29 is 9.72 Å². The molecule has 0 saturated carbocycles. The van der Waals surface area contributed by atoms with Crippen molar-refractivity contribution in [1.29, 1.82) is 10.5 Å². The first-order valence-corrected chi connectivity index (χ1v) is 8.12. The zero-order valence-electron chi connectivity index (χ0n) is 14.8. The Balaban J connectivity index is 2.38. The fraction of sp³-hybridized carbons (Fsp3) is 0.211. The van der Waals surface area contributed by atoms with Gasteiger partial charge in [-0.25, -0.2) is 0 Å². The Hall–Kier alpha value is -3.91. The maximum atomic E-state index is 12.7. The van der Waals surface area contributed by atoms with Crippen LogP contribution in [0.4, 0.5) is 17.1 Å². The minimum atomic E-state index is -0.789. The minimum Gasteiger partial charge on any atom is -0.368 e. The lowest BCUT2D eigenvalue weighted by molar-refractivity contribution is -0.384. The van der Waals surface area contributed by atoms with E-state index in [0.29, 0.717) is 5.69 Å². The van der Waals surface area contributed by atoms with Crippen molar-refractivity contribution in [3.8, 4) is 12.1 Å². The van der Waals surface area contributed by atoms with Gasteiger partial charge in [-0.15, -0.1) is 0 Å². The van der Waals surface area contributed by atoms with E-state index in [2.05, 4.69) is 10.6 Å². The highest BCUT2D eigenvalue weighted by Crippen LogP contribution is 2.29. The van der Waals surface area contributed by atoms with E-state index in [4.69, 9.17) is 5.26 Å². The van der Waals surface area contributed by atoms with Gasteiger partial charge in [0.15, 0.2) is 0 Å². The molecule has 136 valence electrons. The molecule has 2 rings (SSSR count). The normalized spacial score (nSPS) is 11.1. The number of rotatable bonds is 6. The second-order valence-corrected chi connectivity index (χ2v) is 6.12. The second-order valence-electron chi connectivity index (χ2n) is 6.12. The quantitative estimate of drug-likeness (QED) is 0.597. The molecule has 2 aromatic carbocycles. The molecule has 0 saturated heterocycles. The predicted molar refractivity (Wildman–Crippen MR) is 99.8 cm³/mol. The number of anilines is 2. The Labute approximate surface area is 156 Å². The topological polar surface area (TPSA) is 132 Å². The van der Waals surface area contributed by atoms with Crippen LogP contribution in [0.1, 0.15) is 25.0 Å². The lowest BCUT2D eigenvalue weighted by Crippen LogP contribution is -2.39. The summed E-state index contributed by atoms with van der Waals surface area (Å²) in [4.78, 5) is 23.4. The van der Waals surface area contributed by atoms with E-state index in [-0.39, 0.29) is 34.3 Å². The summed E-state index contributed by atoms with van der Waals surface area (Å²) in [5.41, 5.74) is 0.143. The summed E-state index contributed by atoms with van der Waals surface area (Å²) in [5, 5.41) is 35.2. The Kier molecular flexibility index (Phi) is 6.08. The molecule has 27 heavy (non-hydrogen) atoms. The molecule has 0 unspecified atom stereocenters. The zero-order valence-corrected chi connectivity index (χ0v) is 14.8. The molecule has 0 radical (unpaired) electrons. The largest absolute Gasteiger partial charge is 0.368 e. The first kappa shape index (κ1) is 19.4. The van der Waals surface area contributed by atoms with Gasteiger partial charge >= 0.3 is 0 Å². The number of nitro benzene ring substituents is 1.